The van der Waals surface area contributed by atoms with Gasteiger partial charge in [0.1, 0.15) is 6.04 Å². The average Bonchev–Trinajstić information content (AvgIpc) is 3.16. The van der Waals surface area contributed by atoms with Gasteiger partial charge >= 0.3 is 5.97 Å². The van der Waals surface area contributed by atoms with E-state index in [0.717, 1.165) is 4.90 Å². The molecule has 0 unspecified atom stereocenters. The van der Waals surface area contributed by atoms with Gasteiger partial charge in [0, 0.05) is 10.7 Å². The molecular weight excluding hydrogens is 528 g/mol. The number of carbonyl (C=O) groups excluding carboxylic acids is 4. The number of ether oxygens (including phenoxy) is 1. The first-order chi connectivity index (χ1) is 18.8. The molecule has 8 heteroatoms. The SMILES string of the molecule is COC(=O)C(C)(C)[C@H](c1ccc(Cl)cc1)N(C(=O)[C@@H](N1C(=O)c2ccccc2C1=O)C(C)(C)C)c1ccccc1. The minimum Gasteiger partial charge on any atom is -0.469 e. The van der Waals surface area contributed by atoms with Gasteiger partial charge in [-0.05, 0) is 61.2 Å². The molecule has 0 spiro atoms. The van der Waals surface area contributed by atoms with Crippen molar-refractivity contribution in [2.75, 3.05) is 12.0 Å². The topological polar surface area (TPSA) is 84.0 Å². The summed E-state index contributed by atoms with van der Waals surface area (Å²) in [4.78, 5) is 58.0. The highest BCUT2D eigenvalue weighted by atomic mass is 35.5. The van der Waals surface area contributed by atoms with E-state index in [4.69, 9.17) is 16.3 Å². The summed E-state index contributed by atoms with van der Waals surface area (Å²) >= 11 is 6.20. The smallest absolute Gasteiger partial charge is 0.313 e. The maximum Gasteiger partial charge on any atom is 0.313 e. The number of carbonyl (C=O) groups is 4. The minimum absolute atomic E-state index is 0.255. The van der Waals surface area contributed by atoms with Crippen LogP contribution in [0.5, 0.6) is 0 Å². The van der Waals surface area contributed by atoms with Crippen LogP contribution < -0.4 is 4.90 Å². The van der Waals surface area contributed by atoms with Crippen LogP contribution in [0.15, 0.2) is 78.9 Å². The molecule has 3 aromatic rings. The van der Waals surface area contributed by atoms with Gasteiger partial charge in [-0.2, -0.15) is 0 Å². The lowest BCUT2D eigenvalue weighted by atomic mass is 9.77. The maximum atomic E-state index is 15.0. The highest BCUT2D eigenvalue weighted by Gasteiger charge is 2.52. The summed E-state index contributed by atoms with van der Waals surface area (Å²) < 4.78 is 5.19. The number of fused-ring (bicyclic) bond motifs is 1. The van der Waals surface area contributed by atoms with Gasteiger partial charge in [0.15, 0.2) is 0 Å². The summed E-state index contributed by atoms with van der Waals surface area (Å²) in [6.07, 6.45) is 0. The molecule has 1 aliphatic rings. The number of benzene rings is 3. The molecule has 208 valence electrons. The van der Waals surface area contributed by atoms with Gasteiger partial charge in [-0.3, -0.25) is 24.1 Å². The van der Waals surface area contributed by atoms with Gasteiger partial charge in [0.05, 0.1) is 29.7 Å². The lowest BCUT2D eigenvalue weighted by Crippen LogP contribution is -2.59. The van der Waals surface area contributed by atoms with Crippen LogP contribution in [0.25, 0.3) is 0 Å². The minimum atomic E-state index is -1.25. The molecular formula is C32H33ClN2O5. The fraction of sp³-hybridized carbons (Fsp3) is 0.312. The molecule has 0 aromatic heterocycles. The summed E-state index contributed by atoms with van der Waals surface area (Å²) in [5.74, 6) is -2.10. The van der Waals surface area contributed by atoms with Crippen molar-refractivity contribution in [1.29, 1.82) is 0 Å². The summed E-state index contributed by atoms with van der Waals surface area (Å²) in [5, 5.41) is 0.495. The van der Waals surface area contributed by atoms with Crippen molar-refractivity contribution in [1.82, 2.24) is 4.90 Å². The average molecular weight is 561 g/mol. The Hall–Kier alpha value is -3.97. The number of amides is 3. The number of methoxy groups -OCH3 is 1. The molecule has 0 saturated carbocycles. The molecule has 3 amide bonds. The van der Waals surface area contributed by atoms with Gasteiger partial charge in [-0.15, -0.1) is 0 Å². The number of nitrogens with zero attached hydrogens (tertiary/aromatic N) is 2. The van der Waals surface area contributed by atoms with E-state index in [1.54, 1.807) is 86.6 Å². The Morgan fingerprint density at radius 3 is 1.77 bits per heavy atom. The Balaban J connectivity index is 1.96. The first kappa shape index (κ1) is 29.0. The zero-order chi connectivity index (χ0) is 29.4. The van der Waals surface area contributed by atoms with Crippen molar-refractivity contribution >= 4 is 41.0 Å². The lowest BCUT2D eigenvalue weighted by Gasteiger charge is -2.45. The Labute approximate surface area is 239 Å². The van der Waals surface area contributed by atoms with E-state index in [1.807, 2.05) is 26.8 Å². The number of rotatable bonds is 7. The second-order valence-electron chi connectivity index (χ2n) is 11.5. The Morgan fingerprint density at radius 1 is 0.800 bits per heavy atom. The number of para-hydroxylation sites is 1. The zero-order valence-corrected chi connectivity index (χ0v) is 24.2. The van der Waals surface area contributed by atoms with Crippen molar-refractivity contribution in [2.45, 2.75) is 46.7 Å². The van der Waals surface area contributed by atoms with Gasteiger partial charge in [-0.25, -0.2) is 0 Å². The fourth-order valence-electron chi connectivity index (χ4n) is 5.34. The molecule has 0 N–H and O–H groups in total. The summed E-state index contributed by atoms with van der Waals surface area (Å²) in [6, 6.07) is 20.3. The van der Waals surface area contributed by atoms with Crippen LogP contribution in [-0.4, -0.2) is 41.7 Å². The van der Waals surface area contributed by atoms with E-state index in [9.17, 15) is 19.2 Å². The van der Waals surface area contributed by atoms with Crippen LogP contribution in [0.3, 0.4) is 0 Å². The highest BCUT2D eigenvalue weighted by Crippen LogP contribution is 2.44. The van der Waals surface area contributed by atoms with Crippen LogP contribution >= 0.6 is 11.6 Å². The lowest BCUT2D eigenvalue weighted by molar-refractivity contribution is -0.152. The fourth-order valence-corrected chi connectivity index (χ4v) is 5.47. The number of hydrogen-bond donors (Lipinski definition) is 0. The van der Waals surface area contributed by atoms with Crippen LogP contribution in [0, 0.1) is 10.8 Å². The zero-order valence-electron chi connectivity index (χ0n) is 23.5. The molecule has 0 radical (unpaired) electrons. The van der Waals surface area contributed by atoms with Crippen molar-refractivity contribution in [3.63, 3.8) is 0 Å². The van der Waals surface area contributed by atoms with E-state index in [-0.39, 0.29) is 11.1 Å². The molecule has 40 heavy (non-hydrogen) atoms. The molecule has 4 rings (SSSR count). The molecule has 0 saturated heterocycles. The number of esters is 1. The van der Waals surface area contributed by atoms with Crippen molar-refractivity contribution in [3.05, 3.63) is 101 Å². The molecule has 0 aliphatic carbocycles. The van der Waals surface area contributed by atoms with Crippen molar-refractivity contribution < 1.29 is 23.9 Å². The molecule has 3 aromatic carbocycles. The van der Waals surface area contributed by atoms with E-state index >= 15 is 0 Å². The van der Waals surface area contributed by atoms with E-state index < -0.39 is 46.6 Å². The summed E-state index contributed by atoms with van der Waals surface area (Å²) in [7, 11) is 1.30. The third-order valence-electron chi connectivity index (χ3n) is 7.25. The number of hydrogen-bond acceptors (Lipinski definition) is 5. The Morgan fingerprint density at radius 2 is 1.30 bits per heavy atom. The quantitative estimate of drug-likeness (QED) is 0.249. The van der Waals surface area contributed by atoms with E-state index in [1.165, 1.54) is 12.0 Å². The van der Waals surface area contributed by atoms with Gasteiger partial charge in [0.25, 0.3) is 17.7 Å². The third kappa shape index (κ3) is 5.13. The number of imide groups is 1. The molecule has 2 atom stereocenters. The van der Waals surface area contributed by atoms with Gasteiger partial charge in [0.2, 0.25) is 0 Å². The van der Waals surface area contributed by atoms with Crippen LogP contribution in [-0.2, 0) is 14.3 Å². The molecule has 0 fully saturated rings. The van der Waals surface area contributed by atoms with Gasteiger partial charge in [-0.1, -0.05) is 74.8 Å². The second kappa shape index (κ2) is 10.9. The number of anilines is 1. The largest absolute Gasteiger partial charge is 0.469 e. The van der Waals surface area contributed by atoms with Crippen LogP contribution in [0.2, 0.25) is 5.02 Å². The van der Waals surface area contributed by atoms with E-state index in [2.05, 4.69) is 0 Å². The molecule has 1 heterocycles. The summed E-state index contributed by atoms with van der Waals surface area (Å²) in [5.41, 5.74) is -0.479. The van der Waals surface area contributed by atoms with Crippen molar-refractivity contribution in [3.8, 4) is 0 Å². The first-order valence-corrected chi connectivity index (χ1v) is 13.4. The van der Waals surface area contributed by atoms with Gasteiger partial charge < -0.3 is 9.64 Å². The second-order valence-corrected chi connectivity index (χ2v) is 11.9. The van der Waals surface area contributed by atoms with Crippen LogP contribution in [0.1, 0.15) is 66.9 Å². The highest BCUT2D eigenvalue weighted by molar-refractivity contribution is 6.30. The Kier molecular flexibility index (Phi) is 7.90. The predicted molar refractivity (Wildman–Crippen MR) is 154 cm³/mol. The van der Waals surface area contributed by atoms with Crippen LogP contribution in [0.4, 0.5) is 5.69 Å². The molecule has 0 bridgehead atoms. The first-order valence-electron chi connectivity index (χ1n) is 13.0. The normalized spacial score (nSPS) is 14.9. The predicted octanol–water partition coefficient (Wildman–Crippen LogP) is 6.32. The number of halogens is 1. The standard InChI is InChI=1S/C32H33ClN2O5/c1-31(2,3)26(35-27(36)23-14-10-11-15-24(23)28(35)37)29(38)34(22-12-8-7-9-13-22)25(32(4,5)30(39)40-6)20-16-18-21(33)19-17-20/h7-19,25-26H,1-6H3/t25-,26+/m0/s1. The molecule has 7 nitrogen and oxygen atoms in total. The maximum absolute atomic E-state index is 15.0. The Bertz CT molecular complexity index is 1410. The van der Waals surface area contributed by atoms with E-state index in [0.29, 0.717) is 16.3 Å². The van der Waals surface area contributed by atoms with Crippen molar-refractivity contribution in [2.24, 2.45) is 10.8 Å². The monoisotopic (exact) mass is 560 g/mol. The molecule has 1 aliphatic heterocycles. The third-order valence-corrected chi connectivity index (χ3v) is 7.50. The summed E-state index contributed by atoms with van der Waals surface area (Å²) in [6.45, 7) is 8.84.